The molecule has 6 heteroatoms. The fraction of sp³-hybridized carbons (Fsp3) is 0.538. The van der Waals surface area contributed by atoms with E-state index in [0.717, 1.165) is 48.7 Å². The summed E-state index contributed by atoms with van der Waals surface area (Å²) in [5.74, 6) is 1.75. The van der Waals surface area contributed by atoms with Crippen molar-refractivity contribution in [3.63, 3.8) is 0 Å². The quantitative estimate of drug-likeness (QED) is 0.883. The van der Waals surface area contributed by atoms with Crippen LogP contribution in [0.15, 0.2) is 10.6 Å². The first kappa shape index (κ1) is 12.2. The van der Waals surface area contributed by atoms with Crippen molar-refractivity contribution in [2.45, 2.75) is 32.6 Å². The first-order valence-corrected chi connectivity index (χ1v) is 6.59. The number of hydrogen-bond acceptors (Lipinski definition) is 6. The van der Waals surface area contributed by atoms with Gasteiger partial charge < -0.3 is 9.84 Å². The lowest BCUT2D eigenvalue weighted by Crippen LogP contribution is -2.27. The van der Waals surface area contributed by atoms with Gasteiger partial charge in [0.2, 0.25) is 0 Å². The molecule has 0 aliphatic carbocycles. The van der Waals surface area contributed by atoms with E-state index >= 15 is 0 Å². The zero-order valence-corrected chi connectivity index (χ0v) is 11.2. The number of aromatic nitrogens is 4. The zero-order chi connectivity index (χ0) is 13.2. The molecule has 19 heavy (non-hydrogen) atoms. The highest BCUT2D eigenvalue weighted by molar-refractivity contribution is 5.55. The summed E-state index contributed by atoms with van der Waals surface area (Å²) in [6.07, 6.45) is 2.12. The average Bonchev–Trinajstić information content (AvgIpc) is 2.92. The van der Waals surface area contributed by atoms with Gasteiger partial charge in [0, 0.05) is 5.92 Å². The Morgan fingerprint density at radius 3 is 2.79 bits per heavy atom. The molecular formula is C13H17N5O. The monoisotopic (exact) mass is 259 g/mol. The zero-order valence-electron chi connectivity index (χ0n) is 11.2. The van der Waals surface area contributed by atoms with Crippen LogP contribution in [-0.2, 0) is 0 Å². The molecular weight excluding hydrogens is 242 g/mol. The third-order valence-electron chi connectivity index (χ3n) is 3.48. The first-order valence-electron chi connectivity index (χ1n) is 6.59. The van der Waals surface area contributed by atoms with Crippen LogP contribution in [0.25, 0.3) is 11.5 Å². The molecule has 6 nitrogen and oxygen atoms in total. The van der Waals surface area contributed by atoms with Gasteiger partial charge in [-0.3, -0.25) is 0 Å². The minimum absolute atomic E-state index is 0.398. The molecule has 2 aromatic heterocycles. The van der Waals surface area contributed by atoms with E-state index in [-0.39, 0.29) is 0 Å². The maximum atomic E-state index is 5.39. The van der Waals surface area contributed by atoms with Crippen LogP contribution in [0, 0.1) is 13.8 Å². The predicted molar refractivity (Wildman–Crippen MR) is 69.6 cm³/mol. The second-order valence-corrected chi connectivity index (χ2v) is 4.97. The molecule has 0 atom stereocenters. The minimum Gasteiger partial charge on any atom is -0.334 e. The van der Waals surface area contributed by atoms with Crippen LogP contribution in [0.2, 0.25) is 0 Å². The van der Waals surface area contributed by atoms with E-state index < -0.39 is 0 Å². The Labute approximate surface area is 111 Å². The molecule has 0 amide bonds. The van der Waals surface area contributed by atoms with Crippen LogP contribution in [0.1, 0.15) is 36.0 Å². The number of hydrogen-bond donors (Lipinski definition) is 1. The van der Waals surface area contributed by atoms with E-state index in [9.17, 15) is 0 Å². The van der Waals surface area contributed by atoms with Crippen molar-refractivity contribution >= 4 is 0 Å². The van der Waals surface area contributed by atoms with Gasteiger partial charge in [-0.2, -0.15) is 15.2 Å². The van der Waals surface area contributed by atoms with Crippen LogP contribution in [0.4, 0.5) is 0 Å². The molecule has 1 N–H and O–H groups in total. The molecule has 3 heterocycles. The molecule has 1 aliphatic rings. The molecule has 0 saturated carbocycles. The highest BCUT2D eigenvalue weighted by Crippen LogP contribution is 2.26. The molecule has 2 aromatic rings. The normalized spacial score (nSPS) is 16.7. The summed E-state index contributed by atoms with van der Waals surface area (Å²) in [7, 11) is 0. The Morgan fingerprint density at radius 2 is 2.00 bits per heavy atom. The SMILES string of the molecule is Cc1cc(-c2nc(C3CCNCC3)no2)c(C)nn1. The molecule has 0 spiro atoms. The van der Waals surface area contributed by atoms with Crippen molar-refractivity contribution in [3.8, 4) is 11.5 Å². The molecule has 0 bridgehead atoms. The summed E-state index contributed by atoms with van der Waals surface area (Å²) in [6.45, 7) is 5.84. The summed E-state index contributed by atoms with van der Waals surface area (Å²) < 4.78 is 5.39. The summed E-state index contributed by atoms with van der Waals surface area (Å²) in [6, 6.07) is 1.93. The maximum absolute atomic E-state index is 5.39. The van der Waals surface area contributed by atoms with Crippen LogP contribution in [-0.4, -0.2) is 33.4 Å². The first-order chi connectivity index (χ1) is 9.24. The highest BCUT2D eigenvalue weighted by atomic mass is 16.5. The van der Waals surface area contributed by atoms with Crippen molar-refractivity contribution in [2.75, 3.05) is 13.1 Å². The lowest BCUT2D eigenvalue weighted by Gasteiger charge is -2.18. The molecule has 0 unspecified atom stereocenters. The number of nitrogens with one attached hydrogen (secondary N) is 1. The Bertz CT molecular complexity index is 574. The van der Waals surface area contributed by atoms with E-state index in [1.165, 1.54) is 0 Å². The van der Waals surface area contributed by atoms with Gasteiger partial charge in [-0.25, -0.2) is 0 Å². The standard InChI is InChI=1S/C13H17N5O/c1-8-7-11(9(2)17-16-8)13-15-12(18-19-13)10-3-5-14-6-4-10/h7,10,14H,3-6H2,1-2H3. The highest BCUT2D eigenvalue weighted by Gasteiger charge is 2.22. The summed E-state index contributed by atoms with van der Waals surface area (Å²) in [4.78, 5) is 4.53. The molecule has 0 aromatic carbocycles. The van der Waals surface area contributed by atoms with Gasteiger partial charge in [0.1, 0.15) is 0 Å². The lowest BCUT2D eigenvalue weighted by molar-refractivity contribution is 0.392. The fourth-order valence-corrected chi connectivity index (χ4v) is 2.36. The Morgan fingerprint density at radius 1 is 1.21 bits per heavy atom. The third kappa shape index (κ3) is 2.49. The Balaban J connectivity index is 1.89. The van der Waals surface area contributed by atoms with Crippen molar-refractivity contribution in [3.05, 3.63) is 23.3 Å². The van der Waals surface area contributed by atoms with E-state index in [1.54, 1.807) is 0 Å². The maximum Gasteiger partial charge on any atom is 0.259 e. The van der Waals surface area contributed by atoms with Crippen LogP contribution in [0.3, 0.4) is 0 Å². The number of nitrogens with zero attached hydrogens (tertiary/aromatic N) is 4. The van der Waals surface area contributed by atoms with Crippen LogP contribution < -0.4 is 5.32 Å². The van der Waals surface area contributed by atoms with Crippen LogP contribution in [0.5, 0.6) is 0 Å². The van der Waals surface area contributed by atoms with Gasteiger partial charge in [0.25, 0.3) is 5.89 Å². The van der Waals surface area contributed by atoms with Crippen molar-refractivity contribution in [1.82, 2.24) is 25.7 Å². The molecule has 1 fully saturated rings. The molecule has 3 rings (SSSR count). The molecule has 100 valence electrons. The van der Waals surface area contributed by atoms with E-state index in [4.69, 9.17) is 4.52 Å². The van der Waals surface area contributed by atoms with Gasteiger partial charge in [-0.15, -0.1) is 0 Å². The largest absolute Gasteiger partial charge is 0.334 e. The van der Waals surface area contributed by atoms with Gasteiger partial charge in [-0.1, -0.05) is 5.16 Å². The lowest BCUT2D eigenvalue weighted by atomic mass is 9.98. The van der Waals surface area contributed by atoms with Crippen molar-refractivity contribution in [1.29, 1.82) is 0 Å². The number of rotatable bonds is 2. The molecule has 1 saturated heterocycles. The summed E-state index contributed by atoms with van der Waals surface area (Å²) in [5, 5.41) is 15.6. The van der Waals surface area contributed by atoms with Gasteiger partial charge in [0.15, 0.2) is 5.82 Å². The fourth-order valence-electron chi connectivity index (χ4n) is 2.36. The smallest absolute Gasteiger partial charge is 0.259 e. The van der Waals surface area contributed by atoms with Crippen molar-refractivity contribution < 1.29 is 4.52 Å². The van der Waals surface area contributed by atoms with Crippen molar-refractivity contribution in [2.24, 2.45) is 0 Å². The molecule has 0 radical (unpaired) electrons. The minimum atomic E-state index is 0.398. The van der Waals surface area contributed by atoms with Gasteiger partial charge in [-0.05, 0) is 45.8 Å². The van der Waals surface area contributed by atoms with Gasteiger partial charge >= 0.3 is 0 Å². The van der Waals surface area contributed by atoms with E-state index in [0.29, 0.717) is 11.8 Å². The average molecular weight is 259 g/mol. The summed E-state index contributed by atoms with van der Waals surface area (Å²) >= 11 is 0. The van der Waals surface area contributed by atoms with E-state index in [2.05, 4.69) is 25.7 Å². The topological polar surface area (TPSA) is 76.7 Å². The Kier molecular flexibility index (Phi) is 3.25. The van der Waals surface area contributed by atoms with E-state index in [1.807, 2.05) is 19.9 Å². The Hall–Kier alpha value is -1.82. The van der Waals surface area contributed by atoms with Crippen LogP contribution >= 0.6 is 0 Å². The van der Waals surface area contributed by atoms with Gasteiger partial charge in [0.05, 0.1) is 17.0 Å². The molecule has 1 aliphatic heterocycles. The predicted octanol–water partition coefficient (Wildman–Crippen LogP) is 1.61. The summed E-state index contributed by atoms with van der Waals surface area (Å²) in [5.41, 5.74) is 2.54. The third-order valence-corrected chi connectivity index (χ3v) is 3.48. The second-order valence-electron chi connectivity index (χ2n) is 4.97. The number of aryl methyl sites for hydroxylation is 2. The number of piperidine rings is 1. The second kappa shape index (κ2) is 5.05.